The molecule has 0 radical (unpaired) electrons. The van der Waals surface area contributed by atoms with Crippen LogP contribution in [0.4, 0.5) is 0 Å². The molecular formula is C4H11N3O2S. The van der Waals surface area contributed by atoms with Crippen LogP contribution in [0.5, 0.6) is 0 Å². The van der Waals surface area contributed by atoms with Crippen LogP contribution in [0.15, 0.2) is 4.40 Å². The number of hydrogen-bond acceptors (Lipinski definition) is 2. The first kappa shape index (κ1) is 9.38. The van der Waals surface area contributed by atoms with E-state index in [1.54, 1.807) is 13.8 Å². The highest BCUT2D eigenvalue weighted by molar-refractivity contribution is 7.88. The summed E-state index contributed by atoms with van der Waals surface area (Å²) in [5.74, 6) is -0.0687. The van der Waals surface area contributed by atoms with Crippen molar-refractivity contribution in [3.63, 3.8) is 0 Å². The van der Waals surface area contributed by atoms with Crippen LogP contribution in [0, 0.1) is 5.92 Å². The van der Waals surface area contributed by atoms with E-state index in [1.807, 2.05) is 0 Å². The van der Waals surface area contributed by atoms with Crippen molar-refractivity contribution in [2.24, 2.45) is 21.2 Å². The van der Waals surface area contributed by atoms with Crippen molar-refractivity contribution in [2.75, 3.05) is 0 Å². The molecule has 0 unspecified atom stereocenters. The Hall–Kier alpha value is -0.620. The standard InChI is InChI=1S/C4H11N3O2S/c1-3(2)4(5)7-10(6,8)9/h3H,1-2H3,(H2,5,7)(H2,6,8,9). The highest BCUT2D eigenvalue weighted by Gasteiger charge is 2.03. The smallest absolute Gasteiger partial charge is 0.318 e. The van der Waals surface area contributed by atoms with Crippen LogP contribution >= 0.6 is 0 Å². The Bertz CT molecular complexity index is 229. The van der Waals surface area contributed by atoms with E-state index in [9.17, 15) is 8.42 Å². The lowest BCUT2D eigenvalue weighted by molar-refractivity contribution is 0.599. The second-order valence-corrected chi connectivity index (χ2v) is 3.40. The molecule has 0 aromatic rings. The van der Waals surface area contributed by atoms with Gasteiger partial charge in [0.25, 0.3) is 0 Å². The molecular weight excluding hydrogens is 154 g/mol. The Kier molecular flexibility index (Phi) is 2.79. The maximum Gasteiger partial charge on any atom is 0.318 e. The highest BCUT2D eigenvalue weighted by atomic mass is 32.2. The lowest BCUT2D eigenvalue weighted by atomic mass is 10.2. The lowest BCUT2D eigenvalue weighted by Crippen LogP contribution is -2.23. The summed E-state index contributed by atoms with van der Waals surface area (Å²) in [5, 5.41) is 4.58. The molecule has 0 spiro atoms. The van der Waals surface area contributed by atoms with Gasteiger partial charge in [-0.05, 0) is 0 Å². The third-order valence-corrected chi connectivity index (χ3v) is 1.29. The van der Waals surface area contributed by atoms with Crippen molar-refractivity contribution in [2.45, 2.75) is 13.8 Å². The van der Waals surface area contributed by atoms with Crippen LogP contribution in [0.25, 0.3) is 0 Å². The van der Waals surface area contributed by atoms with E-state index >= 15 is 0 Å². The van der Waals surface area contributed by atoms with E-state index in [4.69, 9.17) is 5.73 Å². The molecule has 4 N–H and O–H groups in total. The van der Waals surface area contributed by atoms with Gasteiger partial charge in [0, 0.05) is 5.92 Å². The molecule has 0 saturated heterocycles. The van der Waals surface area contributed by atoms with E-state index in [1.165, 1.54) is 0 Å². The van der Waals surface area contributed by atoms with Crippen LogP contribution < -0.4 is 10.9 Å². The predicted octanol–water partition coefficient (Wildman–Crippen LogP) is -0.797. The first-order valence-electron chi connectivity index (χ1n) is 2.71. The summed E-state index contributed by atoms with van der Waals surface area (Å²) in [4.78, 5) is 0. The molecule has 0 aliphatic rings. The average Bonchev–Trinajstić information content (AvgIpc) is 1.60. The summed E-state index contributed by atoms with van der Waals surface area (Å²) >= 11 is 0. The van der Waals surface area contributed by atoms with Crippen LogP contribution in [-0.2, 0) is 10.2 Å². The summed E-state index contributed by atoms with van der Waals surface area (Å²) < 4.78 is 23.6. The largest absolute Gasteiger partial charge is 0.386 e. The molecule has 0 fully saturated rings. The fourth-order valence-electron chi connectivity index (χ4n) is 0.252. The maximum atomic E-state index is 10.3. The van der Waals surface area contributed by atoms with Gasteiger partial charge in [-0.2, -0.15) is 8.42 Å². The summed E-state index contributed by atoms with van der Waals surface area (Å²) in [6.07, 6.45) is 0. The van der Waals surface area contributed by atoms with Crippen LogP contribution in [0.3, 0.4) is 0 Å². The molecule has 0 rings (SSSR count). The van der Waals surface area contributed by atoms with Gasteiger partial charge >= 0.3 is 10.2 Å². The van der Waals surface area contributed by atoms with Crippen molar-refractivity contribution in [3.05, 3.63) is 0 Å². The van der Waals surface area contributed by atoms with Crippen molar-refractivity contribution < 1.29 is 8.42 Å². The Balaban J connectivity index is 4.49. The molecule has 0 heterocycles. The molecule has 0 saturated carbocycles. The first-order chi connectivity index (χ1) is 4.33. The third-order valence-electron chi connectivity index (χ3n) is 0.824. The topological polar surface area (TPSA) is 98.5 Å². The zero-order chi connectivity index (χ0) is 8.36. The number of amidine groups is 1. The van der Waals surface area contributed by atoms with E-state index in [0.29, 0.717) is 0 Å². The summed E-state index contributed by atoms with van der Waals surface area (Å²) in [7, 11) is -3.81. The van der Waals surface area contributed by atoms with Gasteiger partial charge in [-0.1, -0.05) is 13.8 Å². The predicted molar refractivity (Wildman–Crippen MR) is 39.6 cm³/mol. The molecule has 0 amide bonds. The highest BCUT2D eigenvalue weighted by Crippen LogP contribution is 1.92. The molecule has 0 aromatic heterocycles. The Morgan fingerprint density at radius 1 is 1.50 bits per heavy atom. The Morgan fingerprint density at radius 3 is 2.00 bits per heavy atom. The molecule has 0 aromatic carbocycles. The molecule has 5 nitrogen and oxygen atoms in total. The van der Waals surface area contributed by atoms with Gasteiger partial charge < -0.3 is 5.73 Å². The fraction of sp³-hybridized carbons (Fsp3) is 0.750. The van der Waals surface area contributed by atoms with E-state index in [-0.39, 0.29) is 11.8 Å². The van der Waals surface area contributed by atoms with Crippen molar-refractivity contribution in [1.82, 2.24) is 0 Å². The van der Waals surface area contributed by atoms with Gasteiger partial charge in [0.2, 0.25) is 0 Å². The zero-order valence-electron chi connectivity index (χ0n) is 5.90. The lowest BCUT2D eigenvalue weighted by Gasteiger charge is -2.00. The summed E-state index contributed by atoms with van der Waals surface area (Å²) in [5.41, 5.74) is 5.19. The number of hydrogen-bond donors (Lipinski definition) is 2. The molecule has 0 bridgehead atoms. The summed E-state index contributed by atoms with van der Waals surface area (Å²) in [6, 6.07) is 0. The SMILES string of the molecule is CC(C)/C(N)=N/S(N)(=O)=O. The van der Waals surface area contributed by atoms with Crippen LogP contribution in [-0.4, -0.2) is 14.3 Å². The van der Waals surface area contributed by atoms with Gasteiger partial charge in [0.15, 0.2) is 0 Å². The third kappa shape index (κ3) is 4.28. The van der Waals surface area contributed by atoms with Crippen LogP contribution in [0.1, 0.15) is 13.8 Å². The number of nitrogens with two attached hydrogens (primary N) is 2. The van der Waals surface area contributed by atoms with Crippen molar-refractivity contribution in [1.29, 1.82) is 0 Å². The van der Waals surface area contributed by atoms with Crippen molar-refractivity contribution >= 4 is 16.0 Å². The minimum absolute atomic E-state index is 0.0301. The number of nitrogens with zero attached hydrogens (tertiary/aromatic N) is 1. The van der Waals surface area contributed by atoms with Crippen LogP contribution in [0.2, 0.25) is 0 Å². The Morgan fingerprint density at radius 2 is 1.90 bits per heavy atom. The second kappa shape index (κ2) is 2.98. The molecule has 60 valence electrons. The van der Waals surface area contributed by atoms with Gasteiger partial charge in [-0.25, -0.2) is 5.14 Å². The average molecular weight is 165 g/mol. The quantitative estimate of drug-likeness (QED) is 0.414. The molecule has 10 heavy (non-hydrogen) atoms. The Labute approximate surface area is 60.3 Å². The molecule has 0 aliphatic heterocycles. The zero-order valence-corrected chi connectivity index (χ0v) is 6.72. The fourth-order valence-corrected chi connectivity index (χ4v) is 0.757. The molecule has 6 heteroatoms. The normalized spacial score (nSPS) is 14.2. The second-order valence-electron chi connectivity index (χ2n) is 2.19. The van der Waals surface area contributed by atoms with Crippen molar-refractivity contribution in [3.8, 4) is 0 Å². The minimum atomic E-state index is -3.81. The van der Waals surface area contributed by atoms with E-state index < -0.39 is 10.2 Å². The minimum Gasteiger partial charge on any atom is -0.386 e. The molecule has 0 atom stereocenters. The van der Waals surface area contributed by atoms with Gasteiger partial charge in [-0.15, -0.1) is 4.40 Å². The monoisotopic (exact) mass is 165 g/mol. The molecule has 0 aliphatic carbocycles. The van der Waals surface area contributed by atoms with Gasteiger partial charge in [-0.3, -0.25) is 0 Å². The number of rotatable bonds is 2. The first-order valence-corrected chi connectivity index (χ1v) is 4.21. The van der Waals surface area contributed by atoms with Gasteiger partial charge in [0.05, 0.1) is 0 Å². The van der Waals surface area contributed by atoms with E-state index in [2.05, 4.69) is 9.54 Å². The van der Waals surface area contributed by atoms with Gasteiger partial charge in [0.1, 0.15) is 5.84 Å². The van der Waals surface area contributed by atoms with E-state index in [0.717, 1.165) is 0 Å². The maximum absolute atomic E-state index is 10.3. The summed E-state index contributed by atoms with van der Waals surface area (Å²) in [6.45, 7) is 3.45.